The van der Waals surface area contributed by atoms with E-state index >= 15 is 0 Å². The zero-order valence-electron chi connectivity index (χ0n) is 12.5. The molecule has 1 amide bonds. The van der Waals surface area contributed by atoms with E-state index in [-0.39, 0.29) is 5.91 Å². The number of anilines is 1. The Morgan fingerprint density at radius 3 is 2.57 bits per heavy atom. The van der Waals surface area contributed by atoms with Crippen LogP contribution in [0.15, 0.2) is 42.6 Å². The summed E-state index contributed by atoms with van der Waals surface area (Å²) in [6.07, 6.45) is 1.74. The molecule has 2 aromatic rings. The van der Waals surface area contributed by atoms with Crippen LogP contribution >= 0.6 is 0 Å². The van der Waals surface area contributed by atoms with Gasteiger partial charge >= 0.3 is 0 Å². The molecule has 110 valence electrons. The summed E-state index contributed by atoms with van der Waals surface area (Å²) in [6.45, 7) is 0.466. The van der Waals surface area contributed by atoms with E-state index in [1.807, 2.05) is 31.1 Å². The number of hydrogen-bond acceptors (Lipinski definition) is 4. The van der Waals surface area contributed by atoms with E-state index < -0.39 is 0 Å². The molecule has 1 heterocycles. The van der Waals surface area contributed by atoms with Gasteiger partial charge in [0.2, 0.25) is 0 Å². The monoisotopic (exact) mass is 285 g/mol. The normalized spacial score (nSPS) is 10.0. The quantitative estimate of drug-likeness (QED) is 0.914. The van der Waals surface area contributed by atoms with Crippen LogP contribution in [0.3, 0.4) is 0 Å². The molecule has 1 aromatic carbocycles. The summed E-state index contributed by atoms with van der Waals surface area (Å²) in [5.41, 5.74) is 1.62. The van der Waals surface area contributed by atoms with Crippen molar-refractivity contribution in [2.24, 2.45) is 0 Å². The number of carbonyl (C=O) groups is 1. The molecule has 0 saturated heterocycles. The van der Waals surface area contributed by atoms with Crippen LogP contribution in [0.25, 0.3) is 0 Å². The van der Waals surface area contributed by atoms with Gasteiger partial charge in [0.25, 0.3) is 5.91 Å². The highest BCUT2D eigenvalue weighted by atomic mass is 16.5. The number of methoxy groups -OCH3 is 1. The first kappa shape index (κ1) is 14.8. The van der Waals surface area contributed by atoms with E-state index in [1.165, 1.54) is 0 Å². The molecule has 0 aliphatic heterocycles. The highest BCUT2D eigenvalue weighted by molar-refractivity contribution is 5.94. The van der Waals surface area contributed by atoms with Gasteiger partial charge in [-0.05, 0) is 42.0 Å². The molecule has 0 aliphatic carbocycles. The summed E-state index contributed by atoms with van der Waals surface area (Å²) in [7, 11) is 5.46. The number of nitrogens with zero attached hydrogens (tertiary/aromatic N) is 2. The van der Waals surface area contributed by atoms with E-state index in [0.717, 1.165) is 17.1 Å². The Morgan fingerprint density at radius 2 is 1.95 bits per heavy atom. The van der Waals surface area contributed by atoms with Crippen LogP contribution in [0.4, 0.5) is 5.82 Å². The first-order valence-electron chi connectivity index (χ1n) is 6.64. The van der Waals surface area contributed by atoms with Gasteiger partial charge in [0.1, 0.15) is 11.6 Å². The van der Waals surface area contributed by atoms with Gasteiger partial charge in [-0.15, -0.1) is 0 Å². The zero-order valence-corrected chi connectivity index (χ0v) is 12.5. The molecular weight excluding hydrogens is 266 g/mol. The van der Waals surface area contributed by atoms with Crippen molar-refractivity contribution in [3.05, 3.63) is 53.7 Å². The molecule has 0 spiro atoms. The Balaban J connectivity index is 1.98. The molecule has 0 radical (unpaired) electrons. The third-order valence-electron chi connectivity index (χ3n) is 3.07. The summed E-state index contributed by atoms with van der Waals surface area (Å²) >= 11 is 0. The van der Waals surface area contributed by atoms with Crippen LogP contribution in [-0.4, -0.2) is 32.1 Å². The van der Waals surface area contributed by atoms with Crippen molar-refractivity contribution in [2.45, 2.75) is 6.54 Å². The van der Waals surface area contributed by atoms with E-state index in [4.69, 9.17) is 4.74 Å². The second-order valence-electron chi connectivity index (χ2n) is 4.83. The number of rotatable bonds is 5. The lowest BCUT2D eigenvalue weighted by Crippen LogP contribution is -2.23. The zero-order chi connectivity index (χ0) is 15.2. The maximum absolute atomic E-state index is 12.1. The summed E-state index contributed by atoms with van der Waals surface area (Å²) in [5.74, 6) is 1.49. The van der Waals surface area contributed by atoms with E-state index in [0.29, 0.717) is 12.1 Å². The Morgan fingerprint density at radius 1 is 1.24 bits per heavy atom. The Bertz CT molecular complexity index is 609. The van der Waals surface area contributed by atoms with Gasteiger partial charge in [0, 0.05) is 32.4 Å². The molecule has 0 aliphatic rings. The van der Waals surface area contributed by atoms with E-state index in [1.54, 1.807) is 37.6 Å². The van der Waals surface area contributed by atoms with Crippen molar-refractivity contribution in [1.29, 1.82) is 0 Å². The van der Waals surface area contributed by atoms with Crippen molar-refractivity contribution in [2.75, 3.05) is 26.1 Å². The minimum Gasteiger partial charge on any atom is -0.497 e. The molecule has 1 N–H and O–H groups in total. The summed E-state index contributed by atoms with van der Waals surface area (Å²) in [4.78, 5) is 18.2. The number of amides is 1. The maximum atomic E-state index is 12.1. The topological polar surface area (TPSA) is 54.5 Å². The highest BCUT2D eigenvalue weighted by Gasteiger charge is 2.06. The predicted molar refractivity (Wildman–Crippen MR) is 82.7 cm³/mol. The molecule has 0 saturated carbocycles. The fourth-order valence-electron chi connectivity index (χ4n) is 1.84. The summed E-state index contributed by atoms with van der Waals surface area (Å²) in [6, 6.07) is 10.9. The number of benzene rings is 1. The average molecular weight is 285 g/mol. The Hall–Kier alpha value is -2.56. The highest BCUT2D eigenvalue weighted by Crippen LogP contribution is 2.12. The maximum Gasteiger partial charge on any atom is 0.251 e. The van der Waals surface area contributed by atoms with E-state index in [9.17, 15) is 4.79 Å². The van der Waals surface area contributed by atoms with Gasteiger partial charge < -0.3 is 15.0 Å². The number of nitrogens with one attached hydrogen (secondary N) is 1. The van der Waals surface area contributed by atoms with Gasteiger partial charge in [0.15, 0.2) is 0 Å². The standard InChI is InChI=1S/C16H19N3O2/c1-19(2)15-10-12(8-9-17-15)11-18-16(20)13-4-6-14(21-3)7-5-13/h4-10H,11H2,1-3H3,(H,18,20). The lowest BCUT2D eigenvalue weighted by atomic mass is 10.2. The van der Waals surface area contributed by atoms with Crippen molar-refractivity contribution in [3.63, 3.8) is 0 Å². The van der Waals surface area contributed by atoms with Gasteiger partial charge in [0.05, 0.1) is 7.11 Å². The molecule has 0 unspecified atom stereocenters. The van der Waals surface area contributed by atoms with Gasteiger partial charge in [-0.2, -0.15) is 0 Å². The summed E-state index contributed by atoms with van der Waals surface area (Å²) in [5, 5.41) is 2.89. The smallest absolute Gasteiger partial charge is 0.251 e. The minimum absolute atomic E-state index is 0.110. The SMILES string of the molecule is COc1ccc(C(=O)NCc2ccnc(N(C)C)c2)cc1. The molecular formula is C16H19N3O2. The first-order valence-corrected chi connectivity index (χ1v) is 6.64. The van der Waals surface area contributed by atoms with Crippen molar-refractivity contribution >= 4 is 11.7 Å². The molecule has 5 heteroatoms. The number of hydrogen-bond donors (Lipinski definition) is 1. The van der Waals surface area contributed by atoms with Crippen LogP contribution in [0.2, 0.25) is 0 Å². The molecule has 2 rings (SSSR count). The summed E-state index contributed by atoms with van der Waals surface area (Å²) < 4.78 is 5.07. The van der Waals surface area contributed by atoms with E-state index in [2.05, 4.69) is 10.3 Å². The lowest BCUT2D eigenvalue weighted by Gasteiger charge is -2.12. The number of aromatic nitrogens is 1. The Labute approximate surface area is 124 Å². The molecule has 21 heavy (non-hydrogen) atoms. The van der Waals surface area contributed by atoms with Crippen molar-refractivity contribution < 1.29 is 9.53 Å². The second-order valence-corrected chi connectivity index (χ2v) is 4.83. The van der Waals surface area contributed by atoms with Gasteiger partial charge in [-0.25, -0.2) is 4.98 Å². The number of carbonyl (C=O) groups excluding carboxylic acids is 1. The van der Waals surface area contributed by atoms with Crippen molar-refractivity contribution in [3.8, 4) is 5.75 Å². The third kappa shape index (κ3) is 3.95. The van der Waals surface area contributed by atoms with Crippen LogP contribution in [0, 0.1) is 0 Å². The molecule has 5 nitrogen and oxygen atoms in total. The van der Waals surface area contributed by atoms with Crippen LogP contribution < -0.4 is 15.0 Å². The fourth-order valence-corrected chi connectivity index (χ4v) is 1.84. The number of pyridine rings is 1. The predicted octanol–water partition coefficient (Wildman–Crippen LogP) is 2.09. The van der Waals surface area contributed by atoms with Crippen molar-refractivity contribution in [1.82, 2.24) is 10.3 Å². The third-order valence-corrected chi connectivity index (χ3v) is 3.07. The molecule has 0 fully saturated rings. The minimum atomic E-state index is -0.110. The molecule has 1 aromatic heterocycles. The lowest BCUT2D eigenvalue weighted by molar-refractivity contribution is 0.0951. The van der Waals surface area contributed by atoms with Crippen LogP contribution in [-0.2, 0) is 6.54 Å². The average Bonchev–Trinajstić information content (AvgIpc) is 2.53. The first-order chi connectivity index (χ1) is 10.1. The largest absolute Gasteiger partial charge is 0.497 e. The number of ether oxygens (including phenoxy) is 1. The fraction of sp³-hybridized carbons (Fsp3) is 0.250. The van der Waals surface area contributed by atoms with Crippen LogP contribution in [0.1, 0.15) is 15.9 Å². The molecule has 0 atom stereocenters. The van der Waals surface area contributed by atoms with Gasteiger partial charge in [-0.3, -0.25) is 4.79 Å². The van der Waals surface area contributed by atoms with Gasteiger partial charge in [-0.1, -0.05) is 0 Å². The van der Waals surface area contributed by atoms with Crippen LogP contribution in [0.5, 0.6) is 5.75 Å². The molecule has 0 bridgehead atoms. The second kappa shape index (κ2) is 6.74. The Kier molecular flexibility index (Phi) is 4.77.